The minimum Gasteiger partial charge on any atom is -0.342 e. The fraction of sp³-hybridized carbons (Fsp3) is 0.750. The lowest BCUT2D eigenvalue weighted by molar-refractivity contribution is -0.139. The molecule has 1 saturated carbocycles. The molecule has 3 fully saturated rings. The largest absolute Gasteiger partial charge is 0.342 e. The van der Waals surface area contributed by atoms with Crippen LogP contribution in [0.3, 0.4) is 0 Å². The number of carbonyl (C=O) groups excluding carboxylic acids is 2. The molecule has 1 aromatic rings. The Hall–Kier alpha value is -1.92. The van der Waals surface area contributed by atoms with Crippen molar-refractivity contribution in [2.45, 2.75) is 38.5 Å². The average molecular weight is 317 g/mol. The molecule has 7 nitrogen and oxygen atoms in total. The third kappa shape index (κ3) is 2.96. The molecule has 3 heterocycles. The van der Waals surface area contributed by atoms with E-state index in [0.717, 1.165) is 51.4 Å². The molecule has 7 heteroatoms. The van der Waals surface area contributed by atoms with E-state index in [2.05, 4.69) is 20.1 Å². The van der Waals surface area contributed by atoms with Gasteiger partial charge in [0.05, 0.1) is 0 Å². The van der Waals surface area contributed by atoms with Crippen LogP contribution >= 0.6 is 0 Å². The first-order valence-corrected chi connectivity index (χ1v) is 8.58. The van der Waals surface area contributed by atoms with E-state index in [1.807, 2.05) is 4.90 Å². The number of rotatable bonds is 3. The lowest BCUT2D eigenvalue weighted by Gasteiger charge is -2.47. The van der Waals surface area contributed by atoms with Crippen molar-refractivity contribution in [3.05, 3.63) is 12.2 Å². The van der Waals surface area contributed by atoms with Crippen LogP contribution < -0.4 is 0 Å². The van der Waals surface area contributed by atoms with Crippen molar-refractivity contribution in [2.75, 3.05) is 26.2 Å². The molecule has 0 bridgehead atoms. The molecule has 124 valence electrons. The van der Waals surface area contributed by atoms with E-state index >= 15 is 0 Å². The van der Waals surface area contributed by atoms with Gasteiger partial charge in [0.1, 0.15) is 6.33 Å². The van der Waals surface area contributed by atoms with E-state index in [4.69, 9.17) is 0 Å². The Balaban J connectivity index is 1.38. The summed E-state index contributed by atoms with van der Waals surface area (Å²) in [5, 5.41) is 6.39. The second-order valence-corrected chi connectivity index (χ2v) is 7.34. The molecular weight excluding hydrogens is 294 g/mol. The van der Waals surface area contributed by atoms with Crippen molar-refractivity contribution < 1.29 is 9.59 Å². The third-order valence-electron chi connectivity index (χ3n) is 5.65. The van der Waals surface area contributed by atoms with Crippen LogP contribution in [-0.2, 0) is 4.79 Å². The van der Waals surface area contributed by atoms with Crippen LogP contribution in [0.1, 0.15) is 49.1 Å². The number of hydrogen-bond donors (Lipinski definition) is 1. The van der Waals surface area contributed by atoms with Crippen molar-refractivity contribution >= 4 is 11.8 Å². The Labute approximate surface area is 135 Å². The highest BCUT2D eigenvalue weighted by molar-refractivity contribution is 5.90. The molecule has 2 aliphatic heterocycles. The number of nitrogens with zero attached hydrogens (tertiary/aromatic N) is 4. The predicted octanol–water partition coefficient (Wildman–Crippen LogP) is 1.06. The smallest absolute Gasteiger partial charge is 0.291 e. The number of amides is 2. The maximum absolute atomic E-state index is 12.3. The number of H-pyrrole nitrogens is 1. The molecule has 1 N–H and O–H groups in total. The van der Waals surface area contributed by atoms with Crippen LogP contribution in [0.5, 0.6) is 0 Å². The van der Waals surface area contributed by atoms with E-state index < -0.39 is 0 Å². The first kappa shape index (κ1) is 14.7. The summed E-state index contributed by atoms with van der Waals surface area (Å²) in [6.45, 7) is 3.31. The van der Waals surface area contributed by atoms with E-state index in [9.17, 15) is 9.59 Å². The summed E-state index contributed by atoms with van der Waals surface area (Å²) in [5.41, 5.74) is 0.209. The lowest BCUT2D eigenvalue weighted by atomic mass is 9.72. The second-order valence-electron chi connectivity index (χ2n) is 7.34. The Bertz CT molecular complexity index is 588. The van der Waals surface area contributed by atoms with Crippen molar-refractivity contribution in [3.63, 3.8) is 0 Å². The van der Waals surface area contributed by atoms with Gasteiger partial charge in [-0.05, 0) is 43.4 Å². The molecule has 2 amide bonds. The van der Waals surface area contributed by atoms with Crippen molar-refractivity contribution in [2.24, 2.45) is 11.3 Å². The normalized spacial score (nSPS) is 24.3. The lowest BCUT2D eigenvalue weighted by Crippen LogP contribution is -2.52. The van der Waals surface area contributed by atoms with E-state index in [0.29, 0.717) is 18.2 Å². The maximum atomic E-state index is 12.3. The van der Waals surface area contributed by atoms with Crippen molar-refractivity contribution in [3.8, 4) is 0 Å². The van der Waals surface area contributed by atoms with Gasteiger partial charge in [-0.1, -0.05) is 0 Å². The summed E-state index contributed by atoms with van der Waals surface area (Å²) in [6.07, 6.45) is 7.50. The van der Waals surface area contributed by atoms with Crippen LogP contribution in [-0.4, -0.2) is 63.0 Å². The zero-order valence-electron chi connectivity index (χ0n) is 13.3. The molecule has 0 aromatic carbocycles. The van der Waals surface area contributed by atoms with Crippen molar-refractivity contribution in [1.82, 2.24) is 25.0 Å². The van der Waals surface area contributed by atoms with Gasteiger partial charge in [0.2, 0.25) is 11.7 Å². The van der Waals surface area contributed by atoms with Gasteiger partial charge >= 0.3 is 0 Å². The zero-order chi connectivity index (χ0) is 15.9. The Morgan fingerprint density at radius 3 is 2.74 bits per heavy atom. The fourth-order valence-electron chi connectivity index (χ4n) is 3.93. The average Bonchev–Trinajstić information content (AvgIpc) is 3.21. The molecule has 1 aliphatic carbocycles. The Morgan fingerprint density at radius 2 is 2.09 bits per heavy atom. The fourth-order valence-corrected chi connectivity index (χ4v) is 3.93. The third-order valence-corrected chi connectivity index (χ3v) is 5.65. The van der Waals surface area contributed by atoms with Crippen LogP contribution in [0.25, 0.3) is 0 Å². The van der Waals surface area contributed by atoms with Gasteiger partial charge in [0, 0.05) is 32.6 Å². The molecule has 0 radical (unpaired) electrons. The minimum absolute atomic E-state index is 0.0703. The van der Waals surface area contributed by atoms with Gasteiger partial charge in [-0.15, -0.1) is 0 Å². The molecule has 0 unspecified atom stereocenters. The van der Waals surface area contributed by atoms with Gasteiger partial charge < -0.3 is 9.80 Å². The topological polar surface area (TPSA) is 82.2 Å². The highest BCUT2D eigenvalue weighted by Crippen LogP contribution is 2.41. The maximum Gasteiger partial charge on any atom is 0.291 e. The van der Waals surface area contributed by atoms with Gasteiger partial charge in [-0.3, -0.25) is 14.7 Å². The van der Waals surface area contributed by atoms with Gasteiger partial charge in [0.15, 0.2) is 0 Å². The Morgan fingerprint density at radius 1 is 1.30 bits per heavy atom. The minimum atomic E-state index is -0.0703. The van der Waals surface area contributed by atoms with Crippen molar-refractivity contribution in [1.29, 1.82) is 0 Å². The standard InChI is InChI=1S/C16H23N5O2/c22-13-3-4-16(10-21(13)9-12-1-2-12)5-7-20(8-6-16)15(23)14-17-11-18-19-14/h11-12H,1-10H2,(H,17,18,19). The summed E-state index contributed by atoms with van der Waals surface area (Å²) < 4.78 is 0. The zero-order valence-corrected chi connectivity index (χ0v) is 13.3. The van der Waals surface area contributed by atoms with Crippen LogP contribution in [0.4, 0.5) is 0 Å². The summed E-state index contributed by atoms with van der Waals surface area (Å²) in [6, 6.07) is 0. The van der Waals surface area contributed by atoms with Gasteiger partial charge in [0.25, 0.3) is 5.91 Å². The Kier molecular flexibility index (Phi) is 3.58. The molecule has 1 spiro atoms. The number of carbonyl (C=O) groups is 2. The summed E-state index contributed by atoms with van der Waals surface area (Å²) in [7, 11) is 0. The quantitative estimate of drug-likeness (QED) is 0.903. The monoisotopic (exact) mass is 317 g/mol. The summed E-state index contributed by atoms with van der Waals surface area (Å²) in [4.78, 5) is 32.4. The number of piperidine rings is 2. The number of nitrogens with one attached hydrogen (secondary N) is 1. The van der Waals surface area contributed by atoms with Crippen LogP contribution in [0.2, 0.25) is 0 Å². The van der Waals surface area contributed by atoms with Gasteiger partial charge in [-0.2, -0.15) is 5.10 Å². The predicted molar refractivity (Wildman–Crippen MR) is 82.5 cm³/mol. The molecule has 1 aromatic heterocycles. The van der Waals surface area contributed by atoms with Crippen LogP contribution in [0.15, 0.2) is 6.33 Å². The van der Waals surface area contributed by atoms with Gasteiger partial charge in [-0.25, -0.2) is 4.98 Å². The highest BCUT2D eigenvalue weighted by atomic mass is 16.2. The molecular formula is C16H23N5O2. The number of likely N-dealkylation sites (tertiary alicyclic amines) is 2. The first-order valence-electron chi connectivity index (χ1n) is 8.58. The molecule has 4 rings (SSSR count). The molecule has 0 atom stereocenters. The molecule has 2 saturated heterocycles. The van der Waals surface area contributed by atoms with E-state index in [1.165, 1.54) is 19.2 Å². The SMILES string of the molecule is O=C1CCC2(CCN(C(=O)c3ncn[nH]3)CC2)CN1CC1CC1. The summed E-state index contributed by atoms with van der Waals surface area (Å²) in [5.74, 6) is 1.30. The van der Waals surface area contributed by atoms with E-state index in [1.54, 1.807) is 0 Å². The number of aromatic amines is 1. The molecule has 23 heavy (non-hydrogen) atoms. The van der Waals surface area contributed by atoms with Crippen LogP contribution in [0, 0.1) is 11.3 Å². The second kappa shape index (κ2) is 5.62. The number of hydrogen-bond acceptors (Lipinski definition) is 4. The molecule has 3 aliphatic rings. The first-order chi connectivity index (χ1) is 11.2. The summed E-state index contributed by atoms with van der Waals surface area (Å²) >= 11 is 0. The van der Waals surface area contributed by atoms with E-state index in [-0.39, 0.29) is 11.3 Å². The highest BCUT2D eigenvalue weighted by Gasteiger charge is 2.43. The number of aromatic nitrogens is 3.